The summed E-state index contributed by atoms with van der Waals surface area (Å²) in [5.74, 6) is 0. The van der Waals surface area contributed by atoms with Gasteiger partial charge in [-0.1, -0.05) is 0 Å². The maximum atomic E-state index is 0. The molecule has 0 atom stereocenters. The average Bonchev–Trinajstić information content (AvgIpc) is 0. The van der Waals surface area contributed by atoms with Crippen molar-refractivity contribution in [1.82, 2.24) is 0 Å². The van der Waals surface area contributed by atoms with Crippen molar-refractivity contribution in [2.75, 3.05) is 0 Å². The molecule has 16 valence electrons. The minimum Gasteiger partial charge on any atom is -3.00 e. The van der Waals surface area contributed by atoms with E-state index in [0.29, 0.717) is 0 Å². The first-order chi connectivity index (χ1) is 0. The Morgan fingerprint density at radius 2 is 0.400 bits per heavy atom. The molecule has 0 fully saturated rings. The molecule has 0 aromatic heterocycles. The first kappa shape index (κ1) is 36.6. The van der Waals surface area contributed by atoms with Crippen molar-refractivity contribution in [3.8, 4) is 0 Å². The van der Waals surface area contributed by atoms with Gasteiger partial charge in [-0.3, -0.25) is 0 Å². The van der Waals surface area contributed by atoms with Gasteiger partial charge in [-0.25, -0.2) is 0 Å². The van der Waals surface area contributed by atoms with Gasteiger partial charge in [0.2, 0.25) is 0 Å². The van der Waals surface area contributed by atoms with Gasteiger partial charge in [0.25, 0.3) is 0 Å². The van der Waals surface area contributed by atoms with Crippen LogP contribution in [0.1, 0.15) is 0 Å². The monoisotopic (exact) mass is 492 g/mol. The van der Waals surface area contributed by atoms with Crippen LogP contribution in [0, 0.1) is 0 Å². The molecule has 0 saturated carbocycles. The molecule has 0 amide bonds. The van der Waals surface area contributed by atoms with E-state index in [2.05, 4.69) is 0 Å². The van der Waals surface area contributed by atoms with Crippen LogP contribution in [0.15, 0.2) is 0 Å². The van der Waals surface area contributed by atoms with E-state index in [4.69, 9.17) is 0 Å². The van der Waals surface area contributed by atoms with Crippen molar-refractivity contribution in [3.05, 3.63) is 0 Å². The Bertz CT molecular complexity index is 4.85. The van der Waals surface area contributed by atoms with E-state index in [0.717, 1.165) is 0 Å². The standard InChI is InChI=1S/2As.3Cd/q2*-3;3*+2. The SMILES string of the molecule is [As-3].[As-3].[Cd+2].[Cd+2].[Cd+2]. The van der Waals surface area contributed by atoms with Crippen LogP contribution < -0.4 is 0 Å². The molecule has 0 unspecified atom stereocenters. The molecule has 0 aromatic carbocycles. The van der Waals surface area contributed by atoms with Gasteiger partial charge < -0.3 is 35.9 Å². The maximum Gasteiger partial charge on any atom is 2.00 e. The topological polar surface area (TPSA) is 0 Å². The number of rotatable bonds is 0. The molecule has 0 saturated heterocycles. The fourth-order valence-corrected chi connectivity index (χ4v) is 0. The summed E-state index contributed by atoms with van der Waals surface area (Å²) in [5.41, 5.74) is 0. The molecule has 0 aliphatic carbocycles. The van der Waals surface area contributed by atoms with Crippen molar-refractivity contribution >= 4 is 35.9 Å². The largest absolute Gasteiger partial charge is 3.00 e. The van der Waals surface area contributed by atoms with E-state index in [1.165, 1.54) is 0 Å². The molecule has 0 N–H and O–H groups in total. The third-order valence-electron chi connectivity index (χ3n) is 0. The molecule has 0 aliphatic rings. The summed E-state index contributed by atoms with van der Waals surface area (Å²) in [6.07, 6.45) is 0. The minimum absolute atomic E-state index is 0. The van der Waals surface area contributed by atoms with Gasteiger partial charge in [0.1, 0.15) is 0 Å². The van der Waals surface area contributed by atoms with Gasteiger partial charge in [0.05, 0.1) is 0 Å². The quantitative estimate of drug-likeness (QED) is 0.395. The summed E-state index contributed by atoms with van der Waals surface area (Å²) in [5, 5.41) is 0. The van der Waals surface area contributed by atoms with Gasteiger partial charge >= 0.3 is 81.9 Å². The summed E-state index contributed by atoms with van der Waals surface area (Å²) < 4.78 is 0. The van der Waals surface area contributed by atoms with Gasteiger partial charge in [0.15, 0.2) is 0 Å². The van der Waals surface area contributed by atoms with E-state index >= 15 is 0 Å². The third-order valence-corrected chi connectivity index (χ3v) is 0. The zero-order chi connectivity index (χ0) is 0. The van der Waals surface area contributed by atoms with Crippen molar-refractivity contribution in [2.45, 2.75) is 0 Å². The normalized spacial score (nSPS) is 0. The molecule has 0 radical (unpaired) electrons. The Morgan fingerprint density at radius 1 is 0.400 bits per heavy atom. The fraction of sp³-hybridized carbons (Fsp3) is 0. The molecule has 0 nitrogen and oxygen atoms in total. The van der Waals surface area contributed by atoms with Gasteiger partial charge in [0, 0.05) is 0 Å². The van der Waals surface area contributed by atoms with Crippen LogP contribution in [-0.4, -0.2) is 35.9 Å². The second-order valence-corrected chi connectivity index (χ2v) is 0. The summed E-state index contributed by atoms with van der Waals surface area (Å²) >= 11 is 0. The molecule has 0 aromatic rings. The maximum absolute atomic E-state index is 0. The molecule has 0 aliphatic heterocycles. The predicted octanol–water partition coefficient (Wildman–Crippen LogP) is -0.769. The van der Waals surface area contributed by atoms with Crippen molar-refractivity contribution in [1.29, 1.82) is 0 Å². The van der Waals surface area contributed by atoms with Crippen LogP contribution in [0.3, 0.4) is 0 Å². The molecular formula is As2Cd3. The van der Waals surface area contributed by atoms with Crippen molar-refractivity contribution < 1.29 is 81.9 Å². The number of hydrogen-bond donors (Lipinski definition) is 0. The molecule has 0 spiro atoms. The van der Waals surface area contributed by atoms with Gasteiger partial charge in [-0.05, 0) is 0 Å². The Kier molecular flexibility index (Phi) is 181. The first-order valence-corrected chi connectivity index (χ1v) is 0. The minimum atomic E-state index is 0. The second kappa shape index (κ2) is 24.8. The Morgan fingerprint density at radius 3 is 0.400 bits per heavy atom. The van der Waals surface area contributed by atoms with Crippen LogP contribution in [0.5, 0.6) is 0 Å². The van der Waals surface area contributed by atoms with Crippen LogP contribution in [0.2, 0.25) is 0 Å². The van der Waals surface area contributed by atoms with Crippen molar-refractivity contribution in [3.63, 3.8) is 0 Å². The van der Waals surface area contributed by atoms with E-state index in [-0.39, 0.29) is 118 Å². The Balaban J connectivity index is 0. The Hall–Kier alpha value is 3.88. The Labute approximate surface area is 115 Å². The summed E-state index contributed by atoms with van der Waals surface area (Å²) in [4.78, 5) is 0. The van der Waals surface area contributed by atoms with Crippen LogP contribution in [0.25, 0.3) is 0 Å². The number of hydrogen-bond acceptors (Lipinski definition) is 0. The van der Waals surface area contributed by atoms with E-state index in [1.807, 2.05) is 0 Å². The van der Waals surface area contributed by atoms with Crippen LogP contribution >= 0.6 is 0 Å². The summed E-state index contributed by atoms with van der Waals surface area (Å²) in [7, 11) is 0. The fourth-order valence-electron chi connectivity index (χ4n) is 0. The molecule has 0 rings (SSSR count). The molecular weight excluding hydrogens is 487 g/mol. The zero-order valence-corrected chi connectivity index (χ0v) is 18.9. The smallest absolute Gasteiger partial charge is 2.00 e. The molecule has 5 heteroatoms. The van der Waals surface area contributed by atoms with E-state index in [1.54, 1.807) is 0 Å². The van der Waals surface area contributed by atoms with E-state index in [9.17, 15) is 0 Å². The molecule has 0 heterocycles. The summed E-state index contributed by atoms with van der Waals surface area (Å²) in [6.45, 7) is 0. The van der Waals surface area contributed by atoms with Gasteiger partial charge in [-0.2, -0.15) is 0 Å². The molecule has 0 bridgehead atoms. The predicted molar refractivity (Wildman–Crippen MR) is 11.5 cm³/mol. The first-order valence-electron chi connectivity index (χ1n) is 0. The zero-order valence-electron chi connectivity index (χ0n) is 3.02. The van der Waals surface area contributed by atoms with Gasteiger partial charge in [-0.15, -0.1) is 0 Å². The third kappa shape index (κ3) is 18.1. The summed E-state index contributed by atoms with van der Waals surface area (Å²) in [6, 6.07) is 0. The van der Waals surface area contributed by atoms with Crippen molar-refractivity contribution in [2.24, 2.45) is 0 Å². The second-order valence-electron chi connectivity index (χ2n) is 0. The van der Waals surface area contributed by atoms with E-state index < -0.39 is 0 Å². The average molecular weight is 487 g/mol. The van der Waals surface area contributed by atoms with Crippen LogP contribution in [-0.2, 0) is 81.9 Å². The van der Waals surface area contributed by atoms with Crippen LogP contribution in [0.4, 0.5) is 0 Å². The molecule has 5 heavy (non-hydrogen) atoms.